The second-order valence-electron chi connectivity index (χ2n) is 5.39. The van der Waals surface area contributed by atoms with Crippen LogP contribution in [0.2, 0.25) is 0 Å². The van der Waals surface area contributed by atoms with E-state index in [-0.39, 0.29) is 12.2 Å². The predicted molar refractivity (Wildman–Crippen MR) is 95.1 cm³/mol. The number of nitrogens with zero attached hydrogens (tertiary/aromatic N) is 3. The number of hydrogen-bond acceptors (Lipinski definition) is 6. The summed E-state index contributed by atoms with van der Waals surface area (Å²) in [6.07, 6.45) is 0.600. The van der Waals surface area contributed by atoms with Gasteiger partial charge in [-0.15, -0.1) is 0 Å². The smallest absolute Gasteiger partial charge is 0.352 e. The van der Waals surface area contributed by atoms with Crippen molar-refractivity contribution in [3.8, 4) is 11.4 Å². The second-order valence-corrected chi connectivity index (χ2v) is 5.39. The highest BCUT2D eigenvalue weighted by Gasteiger charge is 2.19. The van der Waals surface area contributed by atoms with E-state index in [2.05, 4.69) is 10.4 Å². The molecule has 1 N–H and O–H groups in total. The van der Waals surface area contributed by atoms with Crippen molar-refractivity contribution >= 4 is 5.91 Å². The van der Waals surface area contributed by atoms with Gasteiger partial charge in [0.15, 0.2) is 0 Å². The van der Waals surface area contributed by atoms with Gasteiger partial charge in [0.05, 0.1) is 12.8 Å². The number of methoxy groups -OCH3 is 2. The Bertz CT molecular complexity index is 870. The average Bonchev–Trinajstić information content (AvgIpc) is 2.66. The lowest BCUT2D eigenvalue weighted by atomic mass is 10.3. The Labute approximate surface area is 150 Å². The van der Waals surface area contributed by atoms with Crippen LogP contribution in [0.25, 0.3) is 5.69 Å². The van der Waals surface area contributed by atoms with Crippen molar-refractivity contribution in [2.75, 3.05) is 27.4 Å². The molecule has 0 radical (unpaired) electrons. The van der Waals surface area contributed by atoms with Crippen molar-refractivity contribution in [1.82, 2.24) is 19.7 Å². The van der Waals surface area contributed by atoms with Crippen LogP contribution in [0.5, 0.6) is 5.75 Å². The van der Waals surface area contributed by atoms with E-state index in [0.29, 0.717) is 31.0 Å². The molecule has 2 rings (SSSR count). The molecule has 0 bridgehead atoms. The van der Waals surface area contributed by atoms with Crippen LogP contribution in [0.15, 0.2) is 33.9 Å². The van der Waals surface area contributed by atoms with Crippen LogP contribution in [0.1, 0.15) is 23.8 Å². The van der Waals surface area contributed by atoms with E-state index in [1.807, 2.05) is 0 Å². The predicted octanol–water partition coefficient (Wildman–Crippen LogP) is 0.189. The number of carbonyl (C=O) groups is 1. The number of carbonyl (C=O) groups excluding carboxylic acids is 1. The van der Waals surface area contributed by atoms with E-state index in [0.717, 1.165) is 9.25 Å². The van der Waals surface area contributed by atoms with Gasteiger partial charge in [0, 0.05) is 26.8 Å². The van der Waals surface area contributed by atoms with Gasteiger partial charge in [0.25, 0.3) is 11.5 Å². The van der Waals surface area contributed by atoms with E-state index in [4.69, 9.17) is 9.47 Å². The minimum atomic E-state index is -0.716. The molecule has 0 aliphatic carbocycles. The van der Waals surface area contributed by atoms with Crippen LogP contribution in [0.3, 0.4) is 0 Å². The summed E-state index contributed by atoms with van der Waals surface area (Å²) in [4.78, 5) is 37.3. The second kappa shape index (κ2) is 8.95. The highest BCUT2D eigenvalue weighted by Crippen LogP contribution is 2.12. The highest BCUT2D eigenvalue weighted by molar-refractivity contribution is 5.91. The van der Waals surface area contributed by atoms with E-state index in [1.165, 1.54) is 7.11 Å². The van der Waals surface area contributed by atoms with Gasteiger partial charge >= 0.3 is 5.69 Å². The molecule has 140 valence electrons. The molecule has 0 unspecified atom stereocenters. The van der Waals surface area contributed by atoms with Crippen LogP contribution in [0.4, 0.5) is 0 Å². The van der Waals surface area contributed by atoms with Gasteiger partial charge in [-0.25, -0.2) is 4.79 Å². The SMILES string of the molecule is CCn1c(=O)c(C(=O)NCCCOC)nn(-c2ccc(OC)cc2)c1=O. The Morgan fingerprint density at radius 3 is 2.46 bits per heavy atom. The van der Waals surface area contributed by atoms with E-state index in [1.54, 1.807) is 38.3 Å². The quantitative estimate of drug-likeness (QED) is 0.672. The third-order valence-electron chi connectivity index (χ3n) is 3.72. The molecule has 0 atom stereocenters. The van der Waals surface area contributed by atoms with Crippen molar-refractivity contribution in [1.29, 1.82) is 0 Å². The Kier molecular flexibility index (Phi) is 6.67. The first-order valence-corrected chi connectivity index (χ1v) is 8.19. The molecule has 1 amide bonds. The summed E-state index contributed by atoms with van der Waals surface area (Å²) in [5, 5.41) is 6.60. The number of nitrogens with one attached hydrogen (secondary N) is 1. The first kappa shape index (κ1) is 19.4. The lowest BCUT2D eigenvalue weighted by molar-refractivity contribution is 0.0938. The van der Waals surface area contributed by atoms with Crippen LogP contribution in [-0.2, 0) is 11.3 Å². The summed E-state index contributed by atoms with van der Waals surface area (Å²) in [5.74, 6) is -0.0164. The number of benzene rings is 1. The minimum Gasteiger partial charge on any atom is -0.497 e. The third-order valence-corrected chi connectivity index (χ3v) is 3.72. The van der Waals surface area contributed by atoms with Gasteiger partial charge in [-0.1, -0.05) is 0 Å². The molecule has 1 heterocycles. The van der Waals surface area contributed by atoms with Crippen LogP contribution in [-0.4, -0.2) is 47.6 Å². The standard InChI is InChI=1S/C17H22N4O5/c1-4-20-16(23)14(15(22)18-10-5-11-25-2)19-21(17(20)24)12-6-8-13(26-3)9-7-12/h6-9H,4-5,10-11H2,1-3H3,(H,18,22). The Balaban J connectivity index is 2.44. The van der Waals surface area contributed by atoms with Crippen molar-refractivity contribution in [3.05, 3.63) is 50.8 Å². The van der Waals surface area contributed by atoms with E-state index in [9.17, 15) is 14.4 Å². The van der Waals surface area contributed by atoms with Gasteiger partial charge in [-0.2, -0.15) is 9.78 Å². The zero-order chi connectivity index (χ0) is 19.1. The zero-order valence-electron chi connectivity index (χ0n) is 15.0. The van der Waals surface area contributed by atoms with E-state index >= 15 is 0 Å². The lowest BCUT2D eigenvalue weighted by Crippen LogP contribution is -2.45. The average molecular weight is 362 g/mol. The monoisotopic (exact) mass is 362 g/mol. The largest absolute Gasteiger partial charge is 0.497 e. The Morgan fingerprint density at radius 2 is 1.88 bits per heavy atom. The first-order valence-electron chi connectivity index (χ1n) is 8.19. The third kappa shape index (κ3) is 4.17. The fourth-order valence-electron chi connectivity index (χ4n) is 2.33. The molecule has 1 aromatic heterocycles. The Morgan fingerprint density at radius 1 is 1.19 bits per heavy atom. The van der Waals surface area contributed by atoms with Crippen LogP contribution in [0, 0.1) is 0 Å². The summed E-state index contributed by atoms with van der Waals surface area (Å²) in [6, 6.07) is 6.57. The molecule has 9 nitrogen and oxygen atoms in total. The maximum atomic E-state index is 12.5. The van der Waals surface area contributed by atoms with Crippen LogP contribution < -0.4 is 21.3 Å². The zero-order valence-corrected chi connectivity index (χ0v) is 15.0. The molecular formula is C17H22N4O5. The summed E-state index contributed by atoms with van der Waals surface area (Å²) >= 11 is 0. The molecule has 26 heavy (non-hydrogen) atoms. The number of amides is 1. The topological polar surface area (TPSA) is 104 Å². The van der Waals surface area contributed by atoms with E-state index < -0.39 is 17.2 Å². The van der Waals surface area contributed by atoms with Crippen LogP contribution >= 0.6 is 0 Å². The molecular weight excluding hydrogens is 340 g/mol. The fraction of sp³-hybridized carbons (Fsp3) is 0.412. The van der Waals surface area contributed by atoms with Crippen molar-refractivity contribution in [3.63, 3.8) is 0 Å². The van der Waals surface area contributed by atoms with Gasteiger partial charge in [-0.3, -0.25) is 14.2 Å². The number of rotatable bonds is 8. The molecule has 0 saturated heterocycles. The molecule has 0 saturated carbocycles. The first-order chi connectivity index (χ1) is 12.5. The highest BCUT2D eigenvalue weighted by atomic mass is 16.5. The van der Waals surface area contributed by atoms with Gasteiger partial charge in [0.2, 0.25) is 5.69 Å². The maximum Gasteiger partial charge on any atom is 0.352 e. The fourth-order valence-corrected chi connectivity index (χ4v) is 2.33. The molecule has 0 aliphatic heterocycles. The van der Waals surface area contributed by atoms with Crippen molar-refractivity contribution in [2.45, 2.75) is 19.9 Å². The molecule has 0 spiro atoms. The summed E-state index contributed by atoms with van der Waals surface area (Å²) < 4.78 is 12.0. The summed E-state index contributed by atoms with van der Waals surface area (Å²) in [6.45, 7) is 2.60. The van der Waals surface area contributed by atoms with Gasteiger partial charge in [0.1, 0.15) is 5.75 Å². The number of aromatic nitrogens is 3. The number of hydrogen-bond donors (Lipinski definition) is 1. The molecule has 2 aromatic rings. The molecule has 9 heteroatoms. The van der Waals surface area contributed by atoms with Gasteiger partial charge in [-0.05, 0) is 37.6 Å². The molecule has 1 aromatic carbocycles. The Hall–Kier alpha value is -2.94. The summed E-state index contributed by atoms with van der Waals surface area (Å²) in [5.41, 5.74) is -1.24. The van der Waals surface area contributed by atoms with Gasteiger partial charge < -0.3 is 14.8 Å². The van der Waals surface area contributed by atoms with Crippen molar-refractivity contribution < 1.29 is 14.3 Å². The maximum absolute atomic E-state index is 12.5. The summed E-state index contributed by atoms with van der Waals surface area (Å²) in [7, 11) is 3.09. The normalized spacial score (nSPS) is 10.6. The minimum absolute atomic E-state index is 0.125. The lowest BCUT2D eigenvalue weighted by Gasteiger charge is -2.11. The molecule has 0 aliphatic rings. The van der Waals surface area contributed by atoms with Crippen molar-refractivity contribution in [2.24, 2.45) is 0 Å². The molecule has 0 fully saturated rings. The number of ether oxygens (including phenoxy) is 2.